The van der Waals surface area contributed by atoms with Crippen LogP contribution in [-0.2, 0) is 19.6 Å². The molecule has 8 nitrogen and oxygen atoms in total. The molecule has 0 fully saturated rings. The van der Waals surface area contributed by atoms with E-state index in [9.17, 15) is 23.1 Å². The van der Waals surface area contributed by atoms with Gasteiger partial charge in [0.1, 0.15) is 16.8 Å². The van der Waals surface area contributed by atoms with E-state index in [1.807, 2.05) is 6.92 Å². The molecule has 1 aromatic rings. The van der Waals surface area contributed by atoms with Gasteiger partial charge in [-0.1, -0.05) is 32.4 Å². The molecule has 0 aromatic heterocycles. The van der Waals surface area contributed by atoms with Crippen LogP contribution in [-0.4, -0.2) is 55.8 Å². The number of aliphatic carboxylic acids is 1. The first-order valence-corrected chi connectivity index (χ1v) is 10.3. The predicted octanol–water partition coefficient (Wildman–Crippen LogP) is 1.46. The van der Waals surface area contributed by atoms with Crippen LogP contribution in [0.3, 0.4) is 0 Å². The first-order chi connectivity index (χ1) is 12.7. The number of carbonyl (C=O) groups is 2. The van der Waals surface area contributed by atoms with Crippen molar-refractivity contribution < 1.29 is 23.1 Å². The molecule has 0 unspecified atom stereocenters. The SMILES string of the molecule is CC[C@H](C)[C@H](NC(=O)CCCN(C)C1=NS(=O)(=O)c2ccccc21)C(=O)O. The van der Waals surface area contributed by atoms with Crippen LogP contribution in [0.15, 0.2) is 33.6 Å². The van der Waals surface area contributed by atoms with E-state index in [1.165, 1.54) is 6.07 Å². The van der Waals surface area contributed by atoms with Gasteiger partial charge in [-0.15, -0.1) is 4.40 Å². The Morgan fingerprint density at radius 3 is 2.59 bits per heavy atom. The van der Waals surface area contributed by atoms with E-state index in [1.54, 1.807) is 37.1 Å². The van der Waals surface area contributed by atoms with Crippen LogP contribution in [0.4, 0.5) is 0 Å². The van der Waals surface area contributed by atoms with Gasteiger partial charge in [0, 0.05) is 25.6 Å². The van der Waals surface area contributed by atoms with Crippen molar-refractivity contribution in [3.63, 3.8) is 0 Å². The number of carboxylic acid groups (broad SMARTS) is 1. The van der Waals surface area contributed by atoms with Crippen LogP contribution in [0, 0.1) is 5.92 Å². The van der Waals surface area contributed by atoms with Crippen LogP contribution >= 0.6 is 0 Å². The number of hydrogen-bond acceptors (Lipinski definition) is 5. The number of sulfonamides is 1. The molecule has 148 valence electrons. The maximum absolute atomic E-state index is 12.1. The number of carbonyl (C=O) groups excluding carboxylic acids is 1. The molecule has 0 spiro atoms. The van der Waals surface area contributed by atoms with Gasteiger partial charge < -0.3 is 15.3 Å². The van der Waals surface area contributed by atoms with E-state index >= 15 is 0 Å². The molecule has 2 rings (SSSR count). The molecule has 0 saturated heterocycles. The summed E-state index contributed by atoms with van der Waals surface area (Å²) in [6, 6.07) is 5.71. The Kier molecular flexibility index (Phi) is 6.59. The lowest BCUT2D eigenvalue weighted by Crippen LogP contribution is -2.45. The van der Waals surface area contributed by atoms with Crippen molar-refractivity contribution in [2.24, 2.45) is 10.3 Å². The lowest BCUT2D eigenvalue weighted by molar-refractivity contribution is -0.143. The largest absolute Gasteiger partial charge is 0.480 e. The lowest BCUT2D eigenvalue weighted by Gasteiger charge is -2.21. The van der Waals surface area contributed by atoms with Crippen molar-refractivity contribution in [1.82, 2.24) is 10.2 Å². The third-order valence-corrected chi connectivity index (χ3v) is 5.99. The summed E-state index contributed by atoms with van der Waals surface area (Å²) in [7, 11) is -1.96. The molecule has 0 aliphatic carbocycles. The second-order valence-corrected chi connectivity index (χ2v) is 8.25. The molecule has 2 atom stereocenters. The average Bonchev–Trinajstić information content (AvgIpc) is 2.90. The third-order valence-electron chi connectivity index (χ3n) is 4.67. The zero-order valence-corrected chi connectivity index (χ0v) is 16.5. The monoisotopic (exact) mass is 395 g/mol. The topological polar surface area (TPSA) is 116 Å². The molecular weight excluding hydrogens is 370 g/mol. The third kappa shape index (κ3) is 4.85. The van der Waals surface area contributed by atoms with Crippen LogP contribution in [0.1, 0.15) is 38.7 Å². The molecule has 0 saturated carbocycles. The Balaban J connectivity index is 1.92. The van der Waals surface area contributed by atoms with Gasteiger partial charge in [0.25, 0.3) is 10.0 Å². The van der Waals surface area contributed by atoms with Gasteiger partial charge in [-0.05, 0) is 24.5 Å². The second-order valence-electron chi connectivity index (χ2n) is 6.68. The number of benzene rings is 1. The zero-order chi connectivity index (χ0) is 20.2. The summed E-state index contributed by atoms with van der Waals surface area (Å²) in [6.45, 7) is 4.07. The van der Waals surface area contributed by atoms with E-state index in [4.69, 9.17) is 0 Å². The van der Waals surface area contributed by atoms with Crippen LogP contribution in [0.2, 0.25) is 0 Å². The van der Waals surface area contributed by atoms with Crippen molar-refractivity contribution in [2.45, 2.75) is 44.0 Å². The highest BCUT2D eigenvalue weighted by Gasteiger charge is 2.30. The summed E-state index contributed by atoms with van der Waals surface area (Å²) >= 11 is 0. The van der Waals surface area contributed by atoms with Crippen molar-refractivity contribution in [1.29, 1.82) is 0 Å². The van der Waals surface area contributed by atoms with Gasteiger partial charge in [-0.25, -0.2) is 4.79 Å². The first kappa shape index (κ1) is 20.9. The fraction of sp³-hybridized carbons (Fsp3) is 0.500. The highest BCUT2D eigenvalue weighted by Crippen LogP contribution is 2.26. The molecule has 1 amide bonds. The molecule has 1 aromatic carbocycles. The standard InChI is InChI=1S/C18H25N3O5S/c1-4-12(2)16(18(23)24)19-15(22)10-7-11-21(3)17-13-8-5-6-9-14(13)27(25,26)20-17/h5-6,8-9,12,16H,4,7,10-11H2,1-3H3,(H,19,22)(H,23,24)/t12-,16-/m0/s1. The Hall–Kier alpha value is -2.42. The summed E-state index contributed by atoms with van der Waals surface area (Å²) in [5.41, 5.74) is 0.548. The summed E-state index contributed by atoms with van der Waals surface area (Å²) in [5, 5.41) is 11.8. The smallest absolute Gasteiger partial charge is 0.326 e. The van der Waals surface area contributed by atoms with E-state index in [0.717, 1.165) is 0 Å². The number of fused-ring (bicyclic) bond motifs is 1. The number of rotatable bonds is 8. The molecule has 9 heteroatoms. The molecule has 0 radical (unpaired) electrons. The highest BCUT2D eigenvalue weighted by atomic mass is 32.2. The van der Waals surface area contributed by atoms with E-state index in [-0.39, 0.29) is 23.1 Å². The number of amidine groups is 1. The summed E-state index contributed by atoms with van der Waals surface area (Å²) in [6.07, 6.45) is 1.23. The van der Waals surface area contributed by atoms with E-state index in [0.29, 0.717) is 30.8 Å². The van der Waals surface area contributed by atoms with Gasteiger partial charge in [0.2, 0.25) is 5.91 Å². The predicted molar refractivity (Wildman–Crippen MR) is 101 cm³/mol. The van der Waals surface area contributed by atoms with Crippen molar-refractivity contribution in [3.8, 4) is 0 Å². The van der Waals surface area contributed by atoms with Gasteiger partial charge in [-0.3, -0.25) is 4.79 Å². The highest BCUT2D eigenvalue weighted by molar-refractivity contribution is 7.90. The number of carboxylic acids is 1. The van der Waals surface area contributed by atoms with Crippen LogP contribution in [0.5, 0.6) is 0 Å². The van der Waals surface area contributed by atoms with E-state index < -0.39 is 22.0 Å². The molecule has 1 aliphatic heterocycles. The average molecular weight is 395 g/mol. The fourth-order valence-corrected chi connectivity index (χ4v) is 4.13. The Morgan fingerprint density at radius 1 is 1.30 bits per heavy atom. The van der Waals surface area contributed by atoms with Crippen LogP contribution < -0.4 is 5.32 Å². The minimum atomic E-state index is -3.68. The van der Waals surface area contributed by atoms with Gasteiger partial charge >= 0.3 is 5.97 Å². The zero-order valence-electron chi connectivity index (χ0n) is 15.7. The number of nitrogens with one attached hydrogen (secondary N) is 1. The van der Waals surface area contributed by atoms with Crippen molar-refractivity contribution >= 4 is 27.7 Å². The second kappa shape index (κ2) is 8.51. The fourth-order valence-electron chi connectivity index (χ4n) is 2.88. The minimum absolute atomic E-state index is 0.145. The Labute approximate surface area is 159 Å². The molecule has 0 bridgehead atoms. The number of amides is 1. The van der Waals surface area contributed by atoms with Crippen molar-refractivity contribution in [2.75, 3.05) is 13.6 Å². The first-order valence-electron chi connectivity index (χ1n) is 8.85. The summed E-state index contributed by atoms with van der Waals surface area (Å²) < 4.78 is 28.0. The lowest BCUT2D eigenvalue weighted by atomic mass is 9.99. The number of hydrogen-bond donors (Lipinski definition) is 2. The van der Waals surface area contributed by atoms with E-state index in [2.05, 4.69) is 9.71 Å². The maximum atomic E-state index is 12.1. The maximum Gasteiger partial charge on any atom is 0.326 e. The van der Waals surface area contributed by atoms with Gasteiger partial charge in [0.15, 0.2) is 0 Å². The minimum Gasteiger partial charge on any atom is -0.480 e. The Morgan fingerprint density at radius 2 is 1.96 bits per heavy atom. The molecule has 1 heterocycles. The quantitative estimate of drug-likeness (QED) is 0.688. The van der Waals surface area contributed by atoms with Crippen molar-refractivity contribution in [3.05, 3.63) is 29.8 Å². The normalized spacial score (nSPS) is 16.8. The molecule has 1 aliphatic rings. The van der Waals surface area contributed by atoms with Gasteiger partial charge in [0.05, 0.1) is 0 Å². The molecule has 27 heavy (non-hydrogen) atoms. The Bertz CT molecular complexity index is 850. The van der Waals surface area contributed by atoms with Crippen LogP contribution in [0.25, 0.3) is 0 Å². The number of nitrogens with zero attached hydrogens (tertiary/aromatic N) is 2. The molecular formula is C18H25N3O5S. The van der Waals surface area contributed by atoms with Gasteiger partial charge in [-0.2, -0.15) is 8.42 Å². The summed E-state index contributed by atoms with van der Waals surface area (Å²) in [4.78, 5) is 25.2. The summed E-state index contributed by atoms with van der Waals surface area (Å²) in [5.74, 6) is -1.19. The molecule has 2 N–H and O–H groups in total.